The van der Waals surface area contributed by atoms with Gasteiger partial charge in [-0.25, -0.2) is 0 Å². The molecule has 0 radical (unpaired) electrons. The van der Waals surface area contributed by atoms with E-state index in [1.54, 1.807) is 24.3 Å². The first-order valence-corrected chi connectivity index (χ1v) is 8.92. The second-order valence-corrected chi connectivity index (χ2v) is 6.18. The lowest BCUT2D eigenvalue weighted by molar-refractivity contribution is -0.385. The highest BCUT2D eigenvalue weighted by Gasteiger charge is 2.26. The maximum atomic E-state index is 12.6. The van der Waals surface area contributed by atoms with Crippen LogP contribution in [0.25, 0.3) is 0 Å². The molecule has 0 aliphatic carbocycles. The molecule has 1 amide bonds. The monoisotopic (exact) mass is 429 g/mol. The van der Waals surface area contributed by atoms with Crippen molar-refractivity contribution in [2.45, 2.75) is 6.61 Å². The van der Waals surface area contributed by atoms with Gasteiger partial charge >= 0.3 is 6.61 Å². The Morgan fingerprint density at radius 3 is 2.16 bits per heavy atom. The van der Waals surface area contributed by atoms with Crippen molar-refractivity contribution in [2.24, 2.45) is 0 Å². The quantitative estimate of drug-likeness (QED) is 0.377. The average molecular weight is 429 g/mol. The van der Waals surface area contributed by atoms with Crippen LogP contribution in [0.4, 0.5) is 31.5 Å². The first kappa shape index (κ1) is 21.5. The average Bonchev–Trinajstić information content (AvgIpc) is 2.75. The maximum Gasteiger partial charge on any atom is 0.387 e. The van der Waals surface area contributed by atoms with E-state index in [4.69, 9.17) is 4.74 Å². The topological polar surface area (TPSA) is 103 Å². The van der Waals surface area contributed by atoms with Crippen LogP contribution in [-0.4, -0.2) is 24.6 Å². The summed E-state index contributed by atoms with van der Waals surface area (Å²) in [6.07, 6.45) is 0. The van der Waals surface area contributed by atoms with Crippen LogP contribution in [0.5, 0.6) is 11.5 Å². The van der Waals surface area contributed by atoms with Crippen molar-refractivity contribution >= 4 is 28.7 Å². The standard InChI is InChI=1S/C21H17F2N3O5/c1-30-18-11-16(17(26(28)29)12-19(18)31-21(22)23)20(27)25-15-9-7-14(8-10-15)24-13-5-3-2-4-6-13/h2-12,21,24H,1H3,(H,25,27). The number of amides is 1. The molecule has 0 heterocycles. The minimum Gasteiger partial charge on any atom is -0.493 e. The van der Waals surface area contributed by atoms with E-state index in [-0.39, 0.29) is 11.3 Å². The minimum absolute atomic E-state index is 0.238. The minimum atomic E-state index is -3.21. The number of methoxy groups -OCH3 is 1. The van der Waals surface area contributed by atoms with Gasteiger partial charge in [0.05, 0.1) is 18.1 Å². The number of anilines is 3. The van der Waals surface area contributed by atoms with Crippen LogP contribution < -0.4 is 20.1 Å². The predicted octanol–water partition coefficient (Wildman–Crippen LogP) is 5.20. The fraction of sp³-hybridized carbons (Fsp3) is 0.0952. The Morgan fingerprint density at radius 1 is 0.968 bits per heavy atom. The van der Waals surface area contributed by atoms with Gasteiger partial charge in [0.1, 0.15) is 5.56 Å². The summed E-state index contributed by atoms with van der Waals surface area (Å²) in [5.41, 5.74) is 0.967. The molecule has 3 aromatic carbocycles. The lowest BCUT2D eigenvalue weighted by Gasteiger charge is -2.12. The number of nitro groups is 1. The molecular formula is C21H17F2N3O5. The molecule has 0 aliphatic rings. The fourth-order valence-electron chi connectivity index (χ4n) is 2.75. The molecule has 160 valence electrons. The molecule has 31 heavy (non-hydrogen) atoms. The summed E-state index contributed by atoms with van der Waals surface area (Å²) in [4.78, 5) is 23.1. The van der Waals surface area contributed by atoms with Crippen LogP contribution in [0.2, 0.25) is 0 Å². The highest BCUT2D eigenvalue weighted by molar-refractivity contribution is 6.07. The number of hydrogen-bond acceptors (Lipinski definition) is 6. The van der Waals surface area contributed by atoms with Crippen LogP contribution in [0.1, 0.15) is 10.4 Å². The first-order valence-electron chi connectivity index (χ1n) is 8.92. The summed E-state index contributed by atoms with van der Waals surface area (Å²) in [6.45, 7) is -3.21. The van der Waals surface area contributed by atoms with E-state index in [0.29, 0.717) is 5.69 Å². The van der Waals surface area contributed by atoms with Crippen molar-refractivity contribution in [3.63, 3.8) is 0 Å². The molecular weight excluding hydrogens is 412 g/mol. The molecule has 0 fully saturated rings. The number of halogens is 2. The summed E-state index contributed by atoms with van der Waals surface area (Å²) in [5.74, 6) is -1.59. The summed E-state index contributed by atoms with van der Waals surface area (Å²) < 4.78 is 34.3. The van der Waals surface area contributed by atoms with Gasteiger partial charge in [-0.15, -0.1) is 0 Å². The number of nitro benzene ring substituents is 1. The van der Waals surface area contributed by atoms with Crippen molar-refractivity contribution in [3.05, 3.63) is 82.4 Å². The van der Waals surface area contributed by atoms with Gasteiger partial charge in [-0.1, -0.05) is 18.2 Å². The van der Waals surface area contributed by atoms with Crippen molar-refractivity contribution in [1.29, 1.82) is 0 Å². The molecule has 0 saturated heterocycles. The number of nitrogens with one attached hydrogen (secondary N) is 2. The van der Waals surface area contributed by atoms with E-state index in [0.717, 1.165) is 23.5 Å². The van der Waals surface area contributed by atoms with Crippen LogP contribution in [0.15, 0.2) is 66.7 Å². The first-order chi connectivity index (χ1) is 14.9. The SMILES string of the molecule is COc1cc(C(=O)Nc2ccc(Nc3ccccc3)cc2)c([N+](=O)[O-])cc1OC(F)F. The van der Waals surface area contributed by atoms with Crippen LogP contribution in [0.3, 0.4) is 0 Å². The van der Waals surface area contributed by atoms with Crippen molar-refractivity contribution < 1.29 is 28.0 Å². The van der Waals surface area contributed by atoms with Gasteiger partial charge in [0.15, 0.2) is 11.5 Å². The summed E-state index contributed by atoms with van der Waals surface area (Å²) in [7, 11) is 1.17. The second-order valence-electron chi connectivity index (χ2n) is 6.18. The van der Waals surface area contributed by atoms with Gasteiger partial charge in [0, 0.05) is 23.1 Å². The molecule has 0 spiro atoms. The molecule has 0 bridgehead atoms. The number of hydrogen-bond donors (Lipinski definition) is 2. The largest absolute Gasteiger partial charge is 0.493 e. The predicted molar refractivity (Wildman–Crippen MR) is 110 cm³/mol. The Hall–Kier alpha value is -4.21. The van der Waals surface area contributed by atoms with Crippen molar-refractivity contribution in [3.8, 4) is 11.5 Å². The van der Waals surface area contributed by atoms with Gasteiger partial charge in [0.25, 0.3) is 11.6 Å². The third-order valence-corrected chi connectivity index (χ3v) is 4.14. The summed E-state index contributed by atoms with van der Waals surface area (Å²) in [5, 5.41) is 17.1. The second kappa shape index (κ2) is 9.53. The maximum absolute atomic E-state index is 12.6. The molecule has 0 aromatic heterocycles. The smallest absolute Gasteiger partial charge is 0.387 e. The number of alkyl halides is 2. The highest BCUT2D eigenvalue weighted by atomic mass is 19.3. The third kappa shape index (κ3) is 5.44. The number of benzene rings is 3. The molecule has 0 atom stereocenters. The van der Waals surface area contributed by atoms with E-state index in [9.17, 15) is 23.7 Å². The van der Waals surface area contributed by atoms with E-state index in [1.165, 1.54) is 7.11 Å². The Kier molecular flexibility index (Phi) is 6.61. The molecule has 3 aromatic rings. The Bertz CT molecular complexity index is 1080. The number of para-hydroxylation sites is 1. The number of rotatable bonds is 8. The van der Waals surface area contributed by atoms with Gasteiger partial charge in [-0.05, 0) is 36.4 Å². The van der Waals surface area contributed by atoms with E-state index in [1.807, 2.05) is 30.3 Å². The van der Waals surface area contributed by atoms with E-state index >= 15 is 0 Å². The molecule has 2 N–H and O–H groups in total. The van der Waals surface area contributed by atoms with Crippen LogP contribution in [0, 0.1) is 10.1 Å². The van der Waals surface area contributed by atoms with Gasteiger partial charge in [-0.3, -0.25) is 14.9 Å². The van der Waals surface area contributed by atoms with E-state index < -0.39 is 28.9 Å². The Balaban J connectivity index is 1.81. The van der Waals surface area contributed by atoms with Crippen molar-refractivity contribution in [1.82, 2.24) is 0 Å². The summed E-state index contributed by atoms with van der Waals surface area (Å²) in [6, 6.07) is 17.8. The number of nitrogens with zero attached hydrogens (tertiary/aromatic N) is 1. The number of carbonyl (C=O) groups excluding carboxylic acids is 1. The van der Waals surface area contributed by atoms with Gasteiger partial charge < -0.3 is 20.1 Å². The third-order valence-electron chi connectivity index (χ3n) is 4.14. The van der Waals surface area contributed by atoms with Crippen LogP contribution in [-0.2, 0) is 0 Å². The normalized spacial score (nSPS) is 10.5. The number of ether oxygens (including phenoxy) is 2. The zero-order chi connectivity index (χ0) is 22.4. The zero-order valence-electron chi connectivity index (χ0n) is 16.2. The molecule has 10 heteroatoms. The Labute approximate surface area is 175 Å². The molecule has 0 saturated carbocycles. The van der Waals surface area contributed by atoms with Gasteiger partial charge in [0.2, 0.25) is 0 Å². The zero-order valence-corrected chi connectivity index (χ0v) is 16.2. The van der Waals surface area contributed by atoms with Gasteiger partial charge in [-0.2, -0.15) is 8.78 Å². The van der Waals surface area contributed by atoms with Crippen molar-refractivity contribution in [2.75, 3.05) is 17.7 Å². The lowest BCUT2D eigenvalue weighted by atomic mass is 10.1. The number of carbonyl (C=O) groups is 1. The Morgan fingerprint density at radius 2 is 1.58 bits per heavy atom. The summed E-state index contributed by atoms with van der Waals surface area (Å²) >= 11 is 0. The molecule has 0 aliphatic heterocycles. The van der Waals surface area contributed by atoms with E-state index in [2.05, 4.69) is 15.4 Å². The van der Waals surface area contributed by atoms with Crippen LogP contribution >= 0.6 is 0 Å². The highest BCUT2D eigenvalue weighted by Crippen LogP contribution is 2.36. The molecule has 0 unspecified atom stereocenters. The fourth-order valence-corrected chi connectivity index (χ4v) is 2.75. The molecule has 8 nitrogen and oxygen atoms in total. The lowest BCUT2D eigenvalue weighted by Crippen LogP contribution is -2.15. The molecule has 3 rings (SSSR count).